The van der Waals surface area contributed by atoms with Gasteiger partial charge in [-0.2, -0.15) is 0 Å². The van der Waals surface area contributed by atoms with Crippen molar-refractivity contribution in [2.75, 3.05) is 19.0 Å². The van der Waals surface area contributed by atoms with Crippen LogP contribution in [-0.4, -0.2) is 24.3 Å². The van der Waals surface area contributed by atoms with E-state index in [1.807, 2.05) is 24.3 Å². The average molecular weight is 502 g/mol. The molecule has 1 atom stereocenters. The molecule has 0 saturated carbocycles. The Morgan fingerprint density at radius 1 is 1.14 bits per heavy atom. The Hall–Kier alpha value is -2.18. The lowest BCUT2D eigenvalue weighted by Gasteiger charge is -2.27. The van der Waals surface area contributed by atoms with Crippen molar-refractivity contribution >= 4 is 59.4 Å². The van der Waals surface area contributed by atoms with Gasteiger partial charge in [-0.25, -0.2) is 0 Å². The van der Waals surface area contributed by atoms with Crippen LogP contribution in [0.3, 0.4) is 0 Å². The van der Waals surface area contributed by atoms with E-state index in [4.69, 9.17) is 9.47 Å². The van der Waals surface area contributed by atoms with Gasteiger partial charge in [0.25, 0.3) is 0 Å². The van der Waals surface area contributed by atoms with Gasteiger partial charge in [0, 0.05) is 27.1 Å². The highest BCUT2D eigenvalue weighted by molar-refractivity contribution is 9.10. The van der Waals surface area contributed by atoms with Gasteiger partial charge in [-0.1, -0.05) is 34.1 Å². The molecule has 142 valence electrons. The molecule has 0 bridgehead atoms. The number of halogens is 2. The number of benzene rings is 3. The summed E-state index contributed by atoms with van der Waals surface area (Å²) < 4.78 is 16.4. The highest BCUT2D eigenvalue weighted by Gasteiger charge is 2.28. The number of aromatic nitrogens is 1. The molecule has 3 aromatic carbocycles. The van der Waals surface area contributed by atoms with Crippen LogP contribution in [0.1, 0.15) is 0 Å². The van der Waals surface area contributed by atoms with Crippen molar-refractivity contribution in [1.29, 1.82) is 0 Å². The summed E-state index contributed by atoms with van der Waals surface area (Å²) in [6, 6.07) is 18.6. The summed E-state index contributed by atoms with van der Waals surface area (Å²) in [5.41, 5.74) is 3.37. The number of ether oxygens (including phenoxy) is 2. The third kappa shape index (κ3) is 2.86. The van der Waals surface area contributed by atoms with Gasteiger partial charge >= 0.3 is 0 Å². The van der Waals surface area contributed by atoms with Crippen molar-refractivity contribution < 1.29 is 9.47 Å². The summed E-state index contributed by atoms with van der Waals surface area (Å²) in [4.78, 5) is 0. The lowest BCUT2D eigenvalue weighted by Crippen LogP contribution is -2.33. The number of fused-ring (bicyclic) bond motifs is 3. The number of hydrogen-bond acceptors (Lipinski definition) is 3. The van der Waals surface area contributed by atoms with Crippen LogP contribution in [0.25, 0.3) is 21.8 Å². The smallest absolute Gasteiger partial charge is 0.145 e. The summed E-state index contributed by atoms with van der Waals surface area (Å²) in [6.45, 7) is 1.50. The minimum absolute atomic E-state index is 0.0236. The van der Waals surface area contributed by atoms with Crippen LogP contribution in [0.4, 0.5) is 5.69 Å². The second-order valence-electron chi connectivity index (χ2n) is 6.87. The maximum Gasteiger partial charge on any atom is 0.145 e. The molecule has 4 nitrogen and oxygen atoms in total. The third-order valence-electron chi connectivity index (χ3n) is 5.15. The molecule has 4 aromatic rings. The Morgan fingerprint density at radius 2 is 1.96 bits per heavy atom. The first kappa shape index (κ1) is 17.9. The van der Waals surface area contributed by atoms with E-state index in [1.165, 1.54) is 5.52 Å². The van der Waals surface area contributed by atoms with Gasteiger partial charge in [-0.3, -0.25) is 0 Å². The normalized spacial score (nSPS) is 15.6. The van der Waals surface area contributed by atoms with E-state index in [0.29, 0.717) is 0 Å². The molecule has 0 aliphatic carbocycles. The SMILES string of the molecule is COc1c(Br)cc2c3c1c1cc(Br)ccc1n3CC(CNc1ccccc1)O2. The topological polar surface area (TPSA) is 35.4 Å². The summed E-state index contributed by atoms with van der Waals surface area (Å²) >= 11 is 7.27. The molecular formula is C22H18Br2N2O2. The summed E-state index contributed by atoms with van der Waals surface area (Å²) in [6.07, 6.45) is 0.0236. The van der Waals surface area contributed by atoms with Crippen LogP contribution in [0.15, 0.2) is 63.5 Å². The van der Waals surface area contributed by atoms with Crippen LogP contribution in [0, 0.1) is 0 Å². The highest BCUT2D eigenvalue weighted by Crippen LogP contribution is 2.47. The van der Waals surface area contributed by atoms with Crippen molar-refractivity contribution in [1.82, 2.24) is 4.57 Å². The zero-order valence-electron chi connectivity index (χ0n) is 15.2. The zero-order valence-corrected chi connectivity index (χ0v) is 18.4. The molecule has 1 aliphatic heterocycles. The number of rotatable bonds is 4. The fraction of sp³-hybridized carbons (Fsp3) is 0.182. The largest absolute Gasteiger partial charge is 0.495 e. The molecule has 6 heteroatoms. The Balaban J connectivity index is 1.62. The number of nitrogens with one attached hydrogen (secondary N) is 1. The molecule has 1 N–H and O–H groups in total. The predicted octanol–water partition coefficient (Wildman–Crippen LogP) is 6.20. The first-order chi connectivity index (χ1) is 13.7. The second-order valence-corrected chi connectivity index (χ2v) is 8.64. The standard InChI is InChI=1S/C22H18Br2N2O2/c1-27-22-17(24)10-19-21-20(22)16-9-13(23)7-8-18(16)26(21)12-15(28-19)11-25-14-5-3-2-4-6-14/h2-10,15,25H,11-12H2,1H3. The van der Waals surface area contributed by atoms with Crippen molar-refractivity contribution in [3.8, 4) is 11.5 Å². The Labute approximate surface area is 179 Å². The van der Waals surface area contributed by atoms with Gasteiger partial charge in [-0.05, 0) is 46.3 Å². The molecule has 0 amide bonds. The van der Waals surface area contributed by atoms with Crippen LogP contribution >= 0.6 is 31.9 Å². The van der Waals surface area contributed by atoms with Crippen molar-refractivity contribution in [3.05, 3.63) is 63.5 Å². The molecule has 2 heterocycles. The van der Waals surface area contributed by atoms with Gasteiger partial charge in [0.15, 0.2) is 0 Å². The number of nitrogens with zero attached hydrogens (tertiary/aromatic N) is 1. The van der Waals surface area contributed by atoms with Crippen LogP contribution in [-0.2, 0) is 6.54 Å². The molecule has 0 radical (unpaired) electrons. The van der Waals surface area contributed by atoms with Gasteiger partial charge in [0.05, 0.1) is 35.6 Å². The Kier molecular flexibility index (Phi) is 4.48. The summed E-state index contributed by atoms with van der Waals surface area (Å²) in [5, 5.41) is 5.72. The molecule has 1 aliphatic rings. The number of para-hydroxylation sites is 1. The third-order valence-corrected chi connectivity index (χ3v) is 6.23. The second kappa shape index (κ2) is 7.01. The van der Waals surface area contributed by atoms with Crippen molar-refractivity contribution in [2.45, 2.75) is 12.6 Å². The Bertz CT molecular complexity index is 1190. The maximum atomic E-state index is 6.39. The van der Waals surface area contributed by atoms with E-state index in [0.717, 1.165) is 55.5 Å². The fourth-order valence-corrected chi connectivity index (χ4v) is 4.90. The fourth-order valence-electron chi connectivity index (χ4n) is 3.97. The Morgan fingerprint density at radius 3 is 2.75 bits per heavy atom. The van der Waals surface area contributed by atoms with Crippen molar-refractivity contribution in [2.24, 2.45) is 0 Å². The quantitative estimate of drug-likeness (QED) is 0.361. The molecule has 0 saturated heterocycles. The lowest BCUT2D eigenvalue weighted by molar-refractivity contribution is 0.185. The van der Waals surface area contributed by atoms with E-state index in [2.05, 4.69) is 72.1 Å². The lowest BCUT2D eigenvalue weighted by atomic mass is 10.1. The summed E-state index contributed by atoms with van der Waals surface area (Å²) in [7, 11) is 1.71. The average Bonchev–Trinajstić information content (AvgIpc) is 3.02. The molecule has 0 spiro atoms. The number of methoxy groups -OCH3 is 1. The first-order valence-corrected chi connectivity index (χ1v) is 10.7. The molecule has 5 rings (SSSR count). The molecule has 1 unspecified atom stereocenters. The van der Waals surface area contributed by atoms with Crippen LogP contribution in [0.5, 0.6) is 11.5 Å². The molecular weight excluding hydrogens is 484 g/mol. The van der Waals surface area contributed by atoms with Gasteiger partial charge < -0.3 is 19.4 Å². The minimum atomic E-state index is 0.0236. The van der Waals surface area contributed by atoms with E-state index < -0.39 is 0 Å². The van der Waals surface area contributed by atoms with Gasteiger partial charge in [-0.15, -0.1) is 0 Å². The van der Waals surface area contributed by atoms with E-state index in [-0.39, 0.29) is 6.10 Å². The maximum absolute atomic E-state index is 6.39. The predicted molar refractivity (Wildman–Crippen MR) is 121 cm³/mol. The number of hydrogen-bond donors (Lipinski definition) is 1. The highest BCUT2D eigenvalue weighted by atomic mass is 79.9. The van der Waals surface area contributed by atoms with Gasteiger partial charge in [0.1, 0.15) is 17.6 Å². The van der Waals surface area contributed by atoms with E-state index >= 15 is 0 Å². The molecule has 28 heavy (non-hydrogen) atoms. The minimum Gasteiger partial charge on any atom is -0.495 e. The molecule has 0 fully saturated rings. The van der Waals surface area contributed by atoms with E-state index in [9.17, 15) is 0 Å². The summed E-state index contributed by atoms with van der Waals surface area (Å²) in [5.74, 6) is 1.71. The van der Waals surface area contributed by atoms with Crippen LogP contribution < -0.4 is 14.8 Å². The first-order valence-electron chi connectivity index (χ1n) is 9.09. The van der Waals surface area contributed by atoms with Gasteiger partial charge in [0.2, 0.25) is 0 Å². The molecule has 1 aromatic heterocycles. The van der Waals surface area contributed by atoms with Crippen molar-refractivity contribution in [3.63, 3.8) is 0 Å². The van der Waals surface area contributed by atoms with E-state index in [1.54, 1.807) is 7.11 Å². The zero-order chi connectivity index (χ0) is 19.3. The monoisotopic (exact) mass is 500 g/mol. The van der Waals surface area contributed by atoms with Crippen LogP contribution in [0.2, 0.25) is 0 Å². The number of anilines is 1.